The molecule has 0 saturated carbocycles. The van der Waals surface area contributed by atoms with Gasteiger partial charge in [-0.15, -0.1) is 0 Å². The Bertz CT molecular complexity index is 3780. The van der Waals surface area contributed by atoms with E-state index in [9.17, 15) is 0 Å². The van der Waals surface area contributed by atoms with Crippen molar-refractivity contribution in [3.05, 3.63) is 258 Å². The lowest BCUT2D eigenvalue weighted by molar-refractivity contribution is 0.660. The minimum absolute atomic E-state index is 0.0871. The summed E-state index contributed by atoms with van der Waals surface area (Å²) in [6.45, 7) is 4.77. The molecule has 11 aromatic rings. The number of fused-ring (bicyclic) bond motifs is 17. The first-order valence-corrected chi connectivity index (χ1v) is 23.1. The van der Waals surface area contributed by atoms with Crippen LogP contribution >= 0.6 is 0 Å². The van der Waals surface area contributed by atoms with E-state index < -0.39 is 5.41 Å². The van der Waals surface area contributed by atoms with Gasteiger partial charge in [-0.25, -0.2) is 0 Å². The molecule has 1 spiro atoms. The Labute approximate surface area is 384 Å². The molecule has 3 aliphatic rings. The van der Waals surface area contributed by atoms with Crippen molar-refractivity contribution < 1.29 is 4.42 Å². The third-order valence-electron chi connectivity index (χ3n) is 15.1. The molecule has 0 radical (unpaired) electrons. The van der Waals surface area contributed by atoms with Crippen molar-refractivity contribution in [1.29, 1.82) is 0 Å². The van der Waals surface area contributed by atoms with E-state index in [1.54, 1.807) is 0 Å². The van der Waals surface area contributed by atoms with Crippen LogP contribution in [0.4, 0.5) is 17.1 Å². The Kier molecular flexibility index (Phi) is 7.70. The average molecular weight is 842 g/mol. The quantitative estimate of drug-likeness (QED) is 0.172. The van der Waals surface area contributed by atoms with E-state index >= 15 is 0 Å². The summed E-state index contributed by atoms with van der Waals surface area (Å²) in [5.41, 5.74) is 25.4. The number of para-hydroxylation sites is 2. The Morgan fingerprint density at radius 3 is 1.61 bits per heavy atom. The fourth-order valence-corrected chi connectivity index (χ4v) is 12.2. The molecule has 0 saturated heterocycles. The number of anilines is 3. The van der Waals surface area contributed by atoms with Crippen LogP contribution in [0.15, 0.2) is 229 Å². The van der Waals surface area contributed by atoms with Gasteiger partial charge >= 0.3 is 0 Å². The van der Waals surface area contributed by atoms with Crippen molar-refractivity contribution in [2.75, 3.05) is 4.90 Å². The molecular formula is C64H43NO. The summed E-state index contributed by atoms with van der Waals surface area (Å²) in [4.78, 5) is 2.34. The standard InChI is InChI=1S/C64H43NO/c1-63(2)52-22-10-7-19-50(52)60-55(63)37-38-56-61(60)51-20-8-12-24-54(51)64(56)53-23-11-6-17-46(53)47-36-31-43(39-57(47)64)42-29-34-45(35-30-42)65(44-32-27-41(28-33-44)40-15-4-3-5-16-40)58-25-14-21-49-48-18-9-13-26-59(48)66-62(49)58/h3-39H,1-2H3. The van der Waals surface area contributed by atoms with Crippen LogP contribution in [0.3, 0.4) is 0 Å². The highest BCUT2D eigenvalue weighted by Crippen LogP contribution is 2.66. The molecule has 1 heterocycles. The van der Waals surface area contributed by atoms with Crippen LogP contribution in [0.2, 0.25) is 0 Å². The summed E-state index contributed by atoms with van der Waals surface area (Å²) in [5, 5.41) is 2.22. The van der Waals surface area contributed by atoms with E-state index in [0.29, 0.717) is 0 Å². The monoisotopic (exact) mass is 841 g/mol. The molecule has 0 aliphatic heterocycles. The highest BCUT2D eigenvalue weighted by atomic mass is 16.3. The molecule has 2 nitrogen and oxygen atoms in total. The molecule has 0 N–H and O–H groups in total. The van der Waals surface area contributed by atoms with Crippen LogP contribution in [0.1, 0.15) is 47.2 Å². The van der Waals surface area contributed by atoms with E-state index in [4.69, 9.17) is 4.42 Å². The Hall–Kier alpha value is -8.20. The Morgan fingerprint density at radius 1 is 0.348 bits per heavy atom. The van der Waals surface area contributed by atoms with E-state index in [2.05, 4.69) is 237 Å². The fourth-order valence-electron chi connectivity index (χ4n) is 12.2. The van der Waals surface area contributed by atoms with Crippen molar-refractivity contribution >= 4 is 39.0 Å². The first-order valence-electron chi connectivity index (χ1n) is 23.1. The van der Waals surface area contributed by atoms with Gasteiger partial charge in [0, 0.05) is 27.6 Å². The molecule has 0 amide bonds. The van der Waals surface area contributed by atoms with Gasteiger partial charge in [0.2, 0.25) is 0 Å². The third-order valence-corrected chi connectivity index (χ3v) is 15.1. The molecule has 0 fully saturated rings. The highest BCUT2D eigenvalue weighted by molar-refractivity contribution is 6.10. The maximum absolute atomic E-state index is 6.67. The zero-order chi connectivity index (χ0) is 43.7. The smallest absolute Gasteiger partial charge is 0.159 e. The first-order chi connectivity index (χ1) is 32.5. The molecule has 1 aromatic heterocycles. The molecule has 1 unspecified atom stereocenters. The molecule has 0 bridgehead atoms. The summed E-state index contributed by atoms with van der Waals surface area (Å²) < 4.78 is 6.67. The minimum Gasteiger partial charge on any atom is -0.454 e. The number of furan rings is 1. The second-order valence-electron chi connectivity index (χ2n) is 18.7. The second kappa shape index (κ2) is 13.7. The molecule has 66 heavy (non-hydrogen) atoms. The van der Waals surface area contributed by atoms with Crippen LogP contribution in [0, 0.1) is 0 Å². The van der Waals surface area contributed by atoms with Gasteiger partial charge in [0.25, 0.3) is 0 Å². The van der Waals surface area contributed by atoms with Crippen molar-refractivity contribution in [3.63, 3.8) is 0 Å². The summed E-state index contributed by atoms with van der Waals surface area (Å²) >= 11 is 0. The number of hydrogen-bond acceptors (Lipinski definition) is 2. The van der Waals surface area contributed by atoms with Crippen molar-refractivity contribution in [2.24, 2.45) is 0 Å². The average Bonchev–Trinajstić information content (AvgIpc) is 4.07. The van der Waals surface area contributed by atoms with Gasteiger partial charge in [0.15, 0.2) is 5.58 Å². The summed E-state index contributed by atoms with van der Waals surface area (Å²) in [7, 11) is 0. The molecule has 10 aromatic carbocycles. The van der Waals surface area contributed by atoms with Gasteiger partial charge in [-0.2, -0.15) is 0 Å². The molecule has 14 rings (SSSR count). The third kappa shape index (κ3) is 4.96. The van der Waals surface area contributed by atoms with Gasteiger partial charge < -0.3 is 9.32 Å². The number of benzene rings is 10. The van der Waals surface area contributed by atoms with E-state index in [0.717, 1.165) is 39.0 Å². The number of nitrogens with zero attached hydrogens (tertiary/aromatic N) is 1. The van der Waals surface area contributed by atoms with Crippen LogP contribution in [0.25, 0.3) is 77.6 Å². The summed E-state index contributed by atoms with van der Waals surface area (Å²) in [6.07, 6.45) is 0. The molecular weight excluding hydrogens is 799 g/mol. The molecule has 310 valence electrons. The Balaban J connectivity index is 0.931. The maximum Gasteiger partial charge on any atom is 0.159 e. The summed E-state index contributed by atoms with van der Waals surface area (Å²) in [6, 6.07) is 82.9. The SMILES string of the molecule is CC1(C)c2ccccc2-c2c1ccc1c2-c2ccccc2C12c1ccccc1-c1ccc(-c3ccc(N(c4ccc(-c5ccccc5)cc4)c4cccc5c4oc4ccccc45)cc3)cc12. The van der Waals surface area contributed by atoms with E-state index in [-0.39, 0.29) is 5.41 Å². The minimum atomic E-state index is -0.460. The van der Waals surface area contributed by atoms with Crippen LogP contribution < -0.4 is 4.90 Å². The van der Waals surface area contributed by atoms with Crippen molar-refractivity contribution in [3.8, 4) is 55.6 Å². The van der Waals surface area contributed by atoms with Crippen molar-refractivity contribution in [2.45, 2.75) is 24.7 Å². The van der Waals surface area contributed by atoms with Gasteiger partial charge in [0.05, 0.1) is 11.1 Å². The predicted molar refractivity (Wildman–Crippen MR) is 273 cm³/mol. The number of hydrogen-bond donors (Lipinski definition) is 0. The summed E-state index contributed by atoms with van der Waals surface area (Å²) in [5.74, 6) is 0. The number of rotatable bonds is 5. The van der Waals surface area contributed by atoms with Crippen LogP contribution in [-0.2, 0) is 10.8 Å². The fraction of sp³-hybridized carbons (Fsp3) is 0.0625. The molecule has 1 atom stereocenters. The Morgan fingerprint density at radius 2 is 0.864 bits per heavy atom. The van der Waals surface area contributed by atoms with Crippen molar-refractivity contribution in [1.82, 2.24) is 0 Å². The molecule has 2 heteroatoms. The lowest BCUT2D eigenvalue weighted by atomic mass is 9.69. The molecule has 3 aliphatic carbocycles. The predicted octanol–water partition coefficient (Wildman–Crippen LogP) is 17.0. The highest BCUT2D eigenvalue weighted by Gasteiger charge is 2.53. The lowest BCUT2D eigenvalue weighted by Crippen LogP contribution is -2.26. The largest absolute Gasteiger partial charge is 0.454 e. The van der Waals surface area contributed by atoms with E-state index in [1.165, 1.54) is 89.0 Å². The van der Waals surface area contributed by atoms with Crippen LogP contribution in [0.5, 0.6) is 0 Å². The van der Waals surface area contributed by atoms with E-state index in [1.807, 2.05) is 6.07 Å². The van der Waals surface area contributed by atoms with Gasteiger partial charge in [-0.05, 0) is 131 Å². The zero-order valence-electron chi connectivity index (χ0n) is 36.7. The van der Waals surface area contributed by atoms with Gasteiger partial charge in [0.1, 0.15) is 5.58 Å². The first kappa shape index (κ1) is 37.2. The van der Waals surface area contributed by atoms with Gasteiger partial charge in [-0.1, -0.05) is 196 Å². The topological polar surface area (TPSA) is 16.4 Å². The normalized spacial score (nSPS) is 15.6. The van der Waals surface area contributed by atoms with Crippen LogP contribution in [-0.4, -0.2) is 0 Å². The maximum atomic E-state index is 6.67. The lowest BCUT2D eigenvalue weighted by Gasteiger charge is -2.31. The zero-order valence-corrected chi connectivity index (χ0v) is 36.7. The second-order valence-corrected chi connectivity index (χ2v) is 18.7. The van der Waals surface area contributed by atoms with Gasteiger partial charge in [-0.3, -0.25) is 0 Å².